The summed E-state index contributed by atoms with van der Waals surface area (Å²) in [5.74, 6) is 0.590. The molecular weight excluding hydrogens is 248 g/mol. The largest absolute Gasteiger partial charge is 0.341 e. The molecule has 3 heteroatoms. The van der Waals surface area contributed by atoms with Gasteiger partial charge in [-0.3, -0.25) is 4.79 Å². The number of hydrogen-bond donors (Lipinski definition) is 1. The van der Waals surface area contributed by atoms with Gasteiger partial charge >= 0.3 is 0 Å². The van der Waals surface area contributed by atoms with E-state index in [1.807, 2.05) is 17.0 Å². The maximum atomic E-state index is 12.9. The van der Waals surface area contributed by atoms with Crippen LogP contribution in [0.4, 0.5) is 0 Å². The van der Waals surface area contributed by atoms with Gasteiger partial charge in [-0.15, -0.1) is 0 Å². The molecule has 1 aliphatic rings. The number of rotatable bonds is 3. The van der Waals surface area contributed by atoms with Gasteiger partial charge in [-0.1, -0.05) is 38.1 Å². The maximum Gasteiger partial charge on any atom is 0.230 e. The van der Waals surface area contributed by atoms with Crippen LogP contribution in [-0.2, 0) is 4.79 Å². The van der Waals surface area contributed by atoms with Gasteiger partial charge in [0.05, 0.1) is 5.92 Å². The minimum absolute atomic E-state index is 0.0192. The molecule has 1 fully saturated rings. The van der Waals surface area contributed by atoms with Crippen LogP contribution in [0.15, 0.2) is 24.3 Å². The Hall–Kier alpha value is -1.35. The highest BCUT2D eigenvalue weighted by Gasteiger charge is 2.29. The van der Waals surface area contributed by atoms with Crippen molar-refractivity contribution in [1.82, 2.24) is 10.2 Å². The van der Waals surface area contributed by atoms with Gasteiger partial charge in [0.2, 0.25) is 5.91 Å². The number of amides is 1. The van der Waals surface area contributed by atoms with Crippen molar-refractivity contribution in [2.45, 2.75) is 33.1 Å². The standard InChI is InChI=1S/C17H26N2O/c1-13(2)16(15-8-5-4-7-14(15)3)17(20)19-11-6-9-18-10-12-19/h4-5,7-8,13,16,18H,6,9-12H2,1-3H3. The van der Waals surface area contributed by atoms with Gasteiger partial charge in [0.15, 0.2) is 0 Å². The molecule has 1 amide bonds. The number of benzene rings is 1. The number of carbonyl (C=O) groups is 1. The summed E-state index contributed by atoms with van der Waals surface area (Å²) >= 11 is 0. The first-order valence-electron chi connectivity index (χ1n) is 7.66. The second-order valence-corrected chi connectivity index (χ2v) is 6.01. The first-order valence-corrected chi connectivity index (χ1v) is 7.66. The number of hydrogen-bond acceptors (Lipinski definition) is 2. The highest BCUT2D eigenvalue weighted by atomic mass is 16.2. The molecule has 1 saturated heterocycles. The number of carbonyl (C=O) groups excluding carboxylic acids is 1. The molecule has 1 unspecified atom stereocenters. The van der Waals surface area contributed by atoms with E-state index in [0.717, 1.165) is 32.6 Å². The van der Waals surface area contributed by atoms with Gasteiger partial charge in [0, 0.05) is 19.6 Å². The van der Waals surface area contributed by atoms with Crippen molar-refractivity contribution >= 4 is 5.91 Å². The molecule has 1 aromatic carbocycles. The minimum atomic E-state index is -0.0192. The lowest BCUT2D eigenvalue weighted by Crippen LogP contribution is -2.39. The zero-order valence-electron chi connectivity index (χ0n) is 12.9. The number of nitrogens with zero attached hydrogens (tertiary/aromatic N) is 1. The van der Waals surface area contributed by atoms with Crippen LogP contribution in [0.2, 0.25) is 0 Å². The molecule has 0 spiro atoms. The Labute approximate surface area is 122 Å². The highest BCUT2D eigenvalue weighted by molar-refractivity contribution is 5.84. The van der Waals surface area contributed by atoms with E-state index in [4.69, 9.17) is 0 Å². The van der Waals surface area contributed by atoms with Gasteiger partial charge < -0.3 is 10.2 Å². The van der Waals surface area contributed by atoms with Crippen molar-refractivity contribution in [3.05, 3.63) is 35.4 Å². The molecule has 1 N–H and O–H groups in total. The Balaban J connectivity index is 2.24. The SMILES string of the molecule is Cc1ccccc1C(C(=O)N1CCCNCC1)C(C)C. The van der Waals surface area contributed by atoms with Crippen LogP contribution < -0.4 is 5.32 Å². The number of aryl methyl sites for hydroxylation is 1. The molecule has 1 aromatic rings. The van der Waals surface area contributed by atoms with Crippen molar-refractivity contribution in [2.24, 2.45) is 5.92 Å². The molecule has 0 aromatic heterocycles. The van der Waals surface area contributed by atoms with E-state index in [1.54, 1.807) is 0 Å². The van der Waals surface area contributed by atoms with Crippen LogP contribution >= 0.6 is 0 Å². The highest BCUT2D eigenvalue weighted by Crippen LogP contribution is 2.29. The second kappa shape index (κ2) is 6.89. The molecule has 1 heterocycles. The van der Waals surface area contributed by atoms with Gasteiger partial charge in [-0.2, -0.15) is 0 Å². The molecule has 3 nitrogen and oxygen atoms in total. The predicted octanol–water partition coefficient (Wildman–Crippen LogP) is 2.56. The fraction of sp³-hybridized carbons (Fsp3) is 0.588. The monoisotopic (exact) mass is 274 g/mol. The molecule has 1 aliphatic heterocycles. The molecule has 2 rings (SSSR count). The molecule has 0 saturated carbocycles. The minimum Gasteiger partial charge on any atom is -0.341 e. The average molecular weight is 274 g/mol. The third kappa shape index (κ3) is 3.40. The fourth-order valence-electron chi connectivity index (χ4n) is 2.98. The quantitative estimate of drug-likeness (QED) is 0.918. The van der Waals surface area contributed by atoms with Crippen LogP contribution in [0.3, 0.4) is 0 Å². The molecule has 110 valence electrons. The van der Waals surface area contributed by atoms with E-state index in [-0.39, 0.29) is 11.8 Å². The lowest BCUT2D eigenvalue weighted by molar-refractivity contribution is -0.133. The molecule has 0 bridgehead atoms. The Kier molecular flexibility index (Phi) is 5.18. The molecule has 0 radical (unpaired) electrons. The molecule has 0 aliphatic carbocycles. The van der Waals surface area contributed by atoms with Gasteiger partial charge in [-0.05, 0) is 36.9 Å². The van der Waals surface area contributed by atoms with Crippen LogP contribution in [0.25, 0.3) is 0 Å². The lowest BCUT2D eigenvalue weighted by atomic mass is 9.84. The summed E-state index contributed by atoms with van der Waals surface area (Å²) in [6.45, 7) is 10.0. The third-order valence-corrected chi connectivity index (χ3v) is 4.11. The fourth-order valence-corrected chi connectivity index (χ4v) is 2.98. The van der Waals surface area contributed by atoms with Crippen LogP contribution in [0, 0.1) is 12.8 Å². The summed E-state index contributed by atoms with van der Waals surface area (Å²) in [7, 11) is 0. The zero-order chi connectivity index (χ0) is 14.5. The van der Waals surface area contributed by atoms with E-state index >= 15 is 0 Å². The van der Waals surface area contributed by atoms with Crippen molar-refractivity contribution < 1.29 is 4.79 Å². The van der Waals surface area contributed by atoms with Crippen LogP contribution in [-0.4, -0.2) is 37.0 Å². The van der Waals surface area contributed by atoms with Crippen LogP contribution in [0.5, 0.6) is 0 Å². The number of nitrogens with one attached hydrogen (secondary N) is 1. The Morgan fingerprint density at radius 1 is 1.20 bits per heavy atom. The van der Waals surface area contributed by atoms with E-state index in [9.17, 15) is 4.79 Å². The van der Waals surface area contributed by atoms with E-state index in [2.05, 4.69) is 38.2 Å². The summed E-state index contributed by atoms with van der Waals surface area (Å²) in [4.78, 5) is 15.0. The van der Waals surface area contributed by atoms with Gasteiger partial charge in [-0.25, -0.2) is 0 Å². The van der Waals surface area contributed by atoms with Crippen molar-refractivity contribution in [3.63, 3.8) is 0 Å². The lowest BCUT2D eigenvalue weighted by Gasteiger charge is -2.29. The molecule has 20 heavy (non-hydrogen) atoms. The summed E-state index contributed by atoms with van der Waals surface area (Å²) < 4.78 is 0. The van der Waals surface area contributed by atoms with E-state index < -0.39 is 0 Å². The smallest absolute Gasteiger partial charge is 0.230 e. The summed E-state index contributed by atoms with van der Waals surface area (Å²) in [6, 6.07) is 8.28. The Bertz CT molecular complexity index is 448. The van der Waals surface area contributed by atoms with Crippen molar-refractivity contribution in [2.75, 3.05) is 26.2 Å². The van der Waals surface area contributed by atoms with E-state index in [0.29, 0.717) is 5.92 Å². The maximum absolute atomic E-state index is 12.9. The first-order chi connectivity index (χ1) is 9.61. The van der Waals surface area contributed by atoms with Crippen molar-refractivity contribution in [3.8, 4) is 0 Å². The topological polar surface area (TPSA) is 32.3 Å². The normalized spacial score (nSPS) is 17.9. The third-order valence-electron chi connectivity index (χ3n) is 4.11. The van der Waals surface area contributed by atoms with Gasteiger partial charge in [0.25, 0.3) is 0 Å². The Morgan fingerprint density at radius 3 is 2.65 bits per heavy atom. The molecule has 1 atom stereocenters. The zero-order valence-corrected chi connectivity index (χ0v) is 12.9. The average Bonchev–Trinajstić information content (AvgIpc) is 2.69. The summed E-state index contributed by atoms with van der Waals surface area (Å²) in [6.07, 6.45) is 1.05. The summed E-state index contributed by atoms with van der Waals surface area (Å²) in [5, 5.41) is 3.36. The van der Waals surface area contributed by atoms with Crippen molar-refractivity contribution in [1.29, 1.82) is 0 Å². The van der Waals surface area contributed by atoms with Gasteiger partial charge in [0.1, 0.15) is 0 Å². The predicted molar refractivity (Wildman–Crippen MR) is 82.8 cm³/mol. The van der Waals surface area contributed by atoms with Crippen LogP contribution in [0.1, 0.15) is 37.3 Å². The Morgan fingerprint density at radius 2 is 1.95 bits per heavy atom. The summed E-state index contributed by atoms with van der Waals surface area (Å²) in [5.41, 5.74) is 2.40. The second-order valence-electron chi connectivity index (χ2n) is 6.01. The molecular formula is C17H26N2O. The first kappa shape index (κ1) is 15.0. The van der Waals surface area contributed by atoms with E-state index in [1.165, 1.54) is 11.1 Å².